The van der Waals surface area contributed by atoms with Gasteiger partial charge in [0, 0.05) is 17.5 Å². The zero-order chi connectivity index (χ0) is 18.1. The van der Waals surface area contributed by atoms with Crippen molar-refractivity contribution in [3.8, 4) is 0 Å². The Balaban J connectivity index is 1.89. The molecular formula is C22H22NO3-. The van der Waals surface area contributed by atoms with Crippen LogP contribution in [0.1, 0.15) is 65.5 Å². The van der Waals surface area contributed by atoms with Crippen molar-refractivity contribution >= 4 is 11.9 Å². The Morgan fingerprint density at radius 2 is 1.58 bits per heavy atom. The van der Waals surface area contributed by atoms with E-state index in [1.807, 2.05) is 35.2 Å². The van der Waals surface area contributed by atoms with E-state index in [0.717, 1.165) is 31.2 Å². The van der Waals surface area contributed by atoms with Crippen LogP contribution in [0.4, 0.5) is 0 Å². The van der Waals surface area contributed by atoms with Crippen molar-refractivity contribution < 1.29 is 14.7 Å². The number of carboxylic acids is 1. The van der Waals surface area contributed by atoms with Crippen molar-refractivity contribution in [2.45, 2.75) is 50.1 Å². The Hall–Kier alpha value is -2.62. The number of rotatable bonds is 3. The van der Waals surface area contributed by atoms with E-state index >= 15 is 0 Å². The number of benzene rings is 2. The van der Waals surface area contributed by atoms with Crippen LogP contribution in [0.3, 0.4) is 0 Å². The number of carbonyl (C=O) groups excluding carboxylic acids is 2. The van der Waals surface area contributed by atoms with E-state index in [9.17, 15) is 14.7 Å². The van der Waals surface area contributed by atoms with Crippen LogP contribution in [0.25, 0.3) is 0 Å². The summed E-state index contributed by atoms with van der Waals surface area (Å²) in [6.45, 7) is 0. The van der Waals surface area contributed by atoms with Crippen molar-refractivity contribution in [2.75, 3.05) is 0 Å². The topological polar surface area (TPSA) is 60.4 Å². The molecule has 1 saturated carbocycles. The first-order valence-electron chi connectivity index (χ1n) is 9.36. The van der Waals surface area contributed by atoms with Crippen LogP contribution in [-0.4, -0.2) is 22.8 Å². The van der Waals surface area contributed by atoms with E-state index in [-0.39, 0.29) is 11.9 Å². The average Bonchev–Trinajstić information content (AvgIpc) is 2.69. The molecule has 1 fully saturated rings. The molecule has 0 saturated heterocycles. The van der Waals surface area contributed by atoms with E-state index in [1.54, 1.807) is 24.3 Å². The lowest BCUT2D eigenvalue weighted by Crippen LogP contribution is -2.52. The Labute approximate surface area is 153 Å². The van der Waals surface area contributed by atoms with Gasteiger partial charge >= 0.3 is 0 Å². The average molecular weight is 348 g/mol. The fourth-order valence-corrected chi connectivity index (χ4v) is 4.57. The van der Waals surface area contributed by atoms with Crippen molar-refractivity contribution in [2.24, 2.45) is 0 Å². The fraction of sp³-hybridized carbons (Fsp3) is 0.364. The highest BCUT2D eigenvalue weighted by Gasteiger charge is 2.44. The van der Waals surface area contributed by atoms with Crippen LogP contribution >= 0.6 is 0 Å². The summed E-state index contributed by atoms with van der Waals surface area (Å²) in [4.78, 5) is 27.4. The third kappa shape index (κ3) is 2.79. The number of carboxylic acid groups (broad SMARTS) is 1. The van der Waals surface area contributed by atoms with Crippen molar-refractivity contribution in [1.82, 2.24) is 4.90 Å². The van der Waals surface area contributed by atoms with Gasteiger partial charge in [-0.1, -0.05) is 67.8 Å². The van der Waals surface area contributed by atoms with Gasteiger partial charge in [0.15, 0.2) is 0 Å². The molecule has 0 unspecified atom stereocenters. The Morgan fingerprint density at radius 1 is 0.923 bits per heavy atom. The van der Waals surface area contributed by atoms with Crippen LogP contribution < -0.4 is 5.11 Å². The molecule has 2 aromatic carbocycles. The standard InChI is InChI=1S/C22H23NO3/c24-21-18-14-8-7-13-17(18)19(22(25)26)20(15-9-3-1-4-10-15)23(21)16-11-5-2-6-12-16/h1,3-4,7-10,13-14,16,19-20H,2,5-6,11-12H2,(H,25,26)/p-1/t19-,20+/m1/s1. The maximum Gasteiger partial charge on any atom is 0.254 e. The smallest absolute Gasteiger partial charge is 0.254 e. The summed E-state index contributed by atoms with van der Waals surface area (Å²) in [7, 11) is 0. The lowest BCUT2D eigenvalue weighted by Gasteiger charge is -2.47. The second-order valence-corrected chi connectivity index (χ2v) is 7.24. The number of hydrogen-bond donors (Lipinski definition) is 0. The van der Waals surface area contributed by atoms with Crippen LogP contribution in [0.5, 0.6) is 0 Å². The molecule has 0 radical (unpaired) electrons. The van der Waals surface area contributed by atoms with Crippen molar-refractivity contribution in [3.63, 3.8) is 0 Å². The quantitative estimate of drug-likeness (QED) is 0.856. The minimum atomic E-state index is -1.13. The summed E-state index contributed by atoms with van der Waals surface area (Å²) in [6.07, 6.45) is 5.18. The molecular weight excluding hydrogens is 326 g/mol. The van der Waals surface area contributed by atoms with Crippen LogP contribution in [0.15, 0.2) is 54.6 Å². The second kappa shape index (κ2) is 6.94. The molecule has 2 aliphatic rings. The number of nitrogens with zero attached hydrogens (tertiary/aromatic N) is 1. The van der Waals surface area contributed by atoms with Crippen molar-refractivity contribution in [3.05, 3.63) is 71.3 Å². The molecule has 0 bridgehead atoms. The molecule has 0 aromatic heterocycles. The SMILES string of the molecule is O=C([O-])[C@@H]1c2ccccc2C(=O)N(C2CCCCC2)[C@H]1c1ccccc1. The Morgan fingerprint density at radius 3 is 2.27 bits per heavy atom. The normalized spacial score (nSPS) is 23.5. The van der Waals surface area contributed by atoms with Gasteiger partial charge in [-0.15, -0.1) is 0 Å². The molecule has 4 heteroatoms. The van der Waals surface area contributed by atoms with Gasteiger partial charge in [-0.2, -0.15) is 0 Å². The molecule has 1 aliphatic carbocycles. The highest BCUT2D eigenvalue weighted by Crippen LogP contribution is 2.45. The number of amides is 1. The highest BCUT2D eigenvalue weighted by atomic mass is 16.4. The summed E-state index contributed by atoms with van der Waals surface area (Å²) >= 11 is 0. The van der Waals surface area contributed by atoms with Crippen molar-refractivity contribution in [1.29, 1.82) is 0 Å². The summed E-state index contributed by atoms with van der Waals surface area (Å²) in [5.74, 6) is -2.04. The third-order valence-corrected chi connectivity index (χ3v) is 5.74. The highest BCUT2D eigenvalue weighted by molar-refractivity contribution is 6.00. The predicted molar refractivity (Wildman–Crippen MR) is 96.4 cm³/mol. The largest absolute Gasteiger partial charge is 0.549 e. The van der Waals surface area contributed by atoms with E-state index < -0.39 is 17.9 Å². The molecule has 2 atom stereocenters. The summed E-state index contributed by atoms with van der Waals surface area (Å²) in [5, 5.41) is 12.2. The molecule has 26 heavy (non-hydrogen) atoms. The zero-order valence-corrected chi connectivity index (χ0v) is 14.6. The van der Waals surface area contributed by atoms with Gasteiger partial charge < -0.3 is 14.8 Å². The molecule has 2 aromatic rings. The first kappa shape index (κ1) is 16.8. The van der Waals surface area contributed by atoms with E-state index in [0.29, 0.717) is 11.1 Å². The van der Waals surface area contributed by atoms with E-state index in [1.165, 1.54) is 6.42 Å². The summed E-state index contributed by atoms with van der Waals surface area (Å²) in [5.41, 5.74) is 1.92. The van der Waals surface area contributed by atoms with Gasteiger partial charge in [0.05, 0.1) is 12.0 Å². The molecule has 0 N–H and O–H groups in total. The lowest BCUT2D eigenvalue weighted by atomic mass is 9.77. The minimum absolute atomic E-state index is 0.0566. The molecule has 134 valence electrons. The van der Waals surface area contributed by atoms with Crippen LogP contribution in [0.2, 0.25) is 0 Å². The van der Waals surface area contributed by atoms with E-state index in [2.05, 4.69) is 0 Å². The molecule has 4 nitrogen and oxygen atoms in total. The second-order valence-electron chi connectivity index (χ2n) is 7.24. The first-order valence-corrected chi connectivity index (χ1v) is 9.36. The monoisotopic (exact) mass is 348 g/mol. The van der Waals surface area contributed by atoms with Gasteiger partial charge in [-0.05, 0) is 30.0 Å². The summed E-state index contributed by atoms with van der Waals surface area (Å²) < 4.78 is 0. The summed E-state index contributed by atoms with van der Waals surface area (Å²) in [6, 6.07) is 16.2. The fourth-order valence-electron chi connectivity index (χ4n) is 4.57. The molecule has 1 amide bonds. The number of hydrogen-bond acceptors (Lipinski definition) is 3. The third-order valence-electron chi connectivity index (χ3n) is 5.74. The Bertz CT molecular complexity index is 811. The van der Waals surface area contributed by atoms with Gasteiger partial charge in [-0.25, -0.2) is 0 Å². The molecule has 1 heterocycles. The first-order chi connectivity index (χ1) is 12.7. The zero-order valence-electron chi connectivity index (χ0n) is 14.6. The number of fused-ring (bicyclic) bond motifs is 1. The van der Waals surface area contributed by atoms with Gasteiger partial charge in [0.1, 0.15) is 0 Å². The Kier molecular flexibility index (Phi) is 4.49. The van der Waals surface area contributed by atoms with Gasteiger partial charge in [0.2, 0.25) is 0 Å². The maximum atomic E-state index is 13.4. The maximum absolute atomic E-state index is 13.4. The van der Waals surface area contributed by atoms with E-state index in [4.69, 9.17) is 0 Å². The molecule has 0 spiro atoms. The molecule has 1 aliphatic heterocycles. The van der Waals surface area contributed by atoms with Crippen LogP contribution in [-0.2, 0) is 4.79 Å². The number of carbonyl (C=O) groups is 2. The lowest BCUT2D eigenvalue weighted by molar-refractivity contribution is -0.309. The number of aliphatic carboxylic acids is 1. The minimum Gasteiger partial charge on any atom is -0.549 e. The van der Waals surface area contributed by atoms with Gasteiger partial charge in [-0.3, -0.25) is 4.79 Å². The van der Waals surface area contributed by atoms with Gasteiger partial charge in [0.25, 0.3) is 5.91 Å². The van der Waals surface area contributed by atoms with Crippen LogP contribution in [0, 0.1) is 0 Å². The predicted octanol–water partition coefficient (Wildman–Crippen LogP) is 3.05. The molecule has 4 rings (SSSR count).